The summed E-state index contributed by atoms with van der Waals surface area (Å²) in [6, 6.07) is 1.89. The molecule has 0 atom stereocenters. The van der Waals surface area contributed by atoms with Crippen LogP contribution in [0, 0.1) is 18.8 Å². The van der Waals surface area contributed by atoms with Crippen molar-refractivity contribution in [2.45, 2.75) is 33.6 Å². The Kier molecular flexibility index (Phi) is 4.47. The third kappa shape index (κ3) is 2.86. The predicted molar refractivity (Wildman–Crippen MR) is 81.3 cm³/mol. The second-order valence-corrected chi connectivity index (χ2v) is 5.88. The van der Waals surface area contributed by atoms with Crippen LogP contribution >= 0.6 is 0 Å². The van der Waals surface area contributed by atoms with Gasteiger partial charge in [0, 0.05) is 19.3 Å². The third-order valence-corrected chi connectivity index (χ3v) is 4.29. The molecular formula is C15H24N4O. The number of hydrogen-bond acceptors (Lipinski definition) is 4. The Morgan fingerprint density at radius 2 is 2.10 bits per heavy atom. The van der Waals surface area contributed by atoms with Crippen molar-refractivity contribution in [1.29, 1.82) is 0 Å². The number of oxime groups is 1. The van der Waals surface area contributed by atoms with Gasteiger partial charge in [0.1, 0.15) is 5.82 Å². The Hall–Kier alpha value is -1.78. The zero-order valence-corrected chi connectivity index (χ0v) is 12.5. The highest BCUT2D eigenvalue weighted by Crippen LogP contribution is 2.29. The number of pyridine rings is 1. The number of nitrogens with zero attached hydrogens (tertiary/aromatic N) is 3. The van der Waals surface area contributed by atoms with Gasteiger partial charge in [0.05, 0.1) is 5.56 Å². The molecule has 1 aliphatic rings. The van der Waals surface area contributed by atoms with Gasteiger partial charge in [-0.2, -0.15) is 0 Å². The summed E-state index contributed by atoms with van der Waals surface area (Å²) in [5.41, 5.74) is 7.54. The molecule has 0 radical (unpaired) electrons. The molecule has 20 heavy (non-hydrogen) atoms. The van der Waals surface area contributed by atoms with Gasteiger partial charge < -0.3 is 15.8 Å². The van der Waals surface area contributed by atoms with Gasteiger partial charge in [-0.1, -0.05) is 19.0 Å². The maximum Gasteiger partial charge on any atom is 0.174 e. The molecule has 110 valence electrons. The van der Waals surface area contributed by atoms with E-state index in [1.165, 1.54) is 12.8 Å². The van der Waals surface area contributed by atoms with E-state index < -0.39 is 0 Å². The highest BCUT2D eigenvalue weighted by atomic mass is 16.4. The molecule has 3 N–H and O–H groups in total. The van der Waals surface area contributed by atoms with Gasteiger partial charge in [0.2, 0.25) is 0 Å². The zero-order chi connectivity index (χ0) is 14.7. The minimum absolute atomic E-state index is 0.136. The van der Waals surface area contributed by atoms with Crippen LogP contribution in [0.2, 0.25) is 0 Å². The van der Waals surface area contributed by atoms with Gasteiger partial charge in [-0.25, -0.2) is 4.98 Å². The van der Waals surface area contributed by atoms with Crippen molar-refractivity contribution >= 4 is 11.7 Å². The largest absolute Gasteiger partial charge is 0.409 e. The molecule has 0 bridgehead atoms. The van der Waals surface area contributed by atoms with E-state index in [1.807, 2.05) is 13.0 Å². The van der Waals surface area contributed by atoms with Crippen LogP contribution in [-0.4, -0.2) is 29.1 Å². The van der Waals surface area contributed by atoms with Crippen molar-refractivity contribution in [3.8, 4) is 0 Å². The topological polar surface area (TPSA) is 74.7 Å². The number of amidine groups is 1. The standard InChI is InChI=1S/C15H24N4O/c1-10(2)12-5-8-19(9-6-12)15-13(14(16)18-20)11(3)4-7-17-15/h4,7,10,12,20H,5-6,8-9H2,1-3H3,(H2,16,18). The number of anilines is 1. The third-order valence-electron chi connectivity index (χ3n) is 4.29. The first-order valence-corrected chi connectivity index (χ1v) is 7.23. The molecule has 0 amide bonds. The Morgan fingerprint density at radius 1 is 1.45 bits per heavy atom. The lowest BCUT2D eigenvalue weighted by molar-refractivity contribution is 0.310. The lowest BCUT2D eigenvalue weighted by Crippen LogP contribution is -2.37. The van der Waals surface area contributed by atoms with Gasteiger partial charge in [-0.15, -0.1) is 0 Å². The van der Waals surface area contributed by atoms with Crippen LogP contribution in [-0.2, 0) is 0 Å². The van der Waals surface area contributed by atoms with Crippen molar-refractivity contribution in [3.63, 3.8) is 0 Å². The molecule has 1 saturated heterocycles. The molecule has 1 aromatic heterocycles. The normalized spacial score (nSPS) is 17.8. The van der Waals surface area contributed by atoms with E-state index in [1.54, 1.807) is 6.20 Å². The second-order valence-electron chi connectivity index (χ2n) is 5.88. The quantitative estimate of drug-likeness (QED) is 0.384. The zero-order valence-electron chi connectivity index (χ0n) is 12.5. The first-order valence-electron chi connectivity index (χ1n) is 7.23. The molecule has 1 aliphatic heterocycles. The van der Waals surface area contributed by atoms with Crippen molar-refractivity contribution in [3.05, 3.63) is 23.4 Å². The van der Waals surface area contributed by atoms with Gasteiger partial charge in [0.25, 0.3) is 0 Å². The summed E-state index contributed by atoms with van der Waals surface area (Å²) < 4.78 is 0. The van der Waals surface area contributed by atoms with Crippen LogP contribution in [0.5, 0.6) is 0 Å². The fraction of sp³-hybridized carbons (Fsp3) is 0.600. The van der Waals surface area contributed by atoms with E-state index in [4.69, 9.17) is 10.9 Å². The van der Waals surface area contributed by atoms with Crippen molar-refractivity contribution < 1.29 is 5.21 Å². The van der Waals surface area contributed by atoms with Gasteiger partial charge in [-0.05, 0) is 43.2 Å². The van der Waals surface area contributed by atoms with Crippen LogP contribution < -0.4 is 10.6 Å². The summed E-state index contributed by atoms with van der Waals surface area (Å²) in [7, 11) is 0. The molecular weight excluding hydrogens is 252 g/mol. The summed E-state index contributed by atoms with van der Waals surface area (Å²) in [5, 5.41) is 12.1. The maximum atomic E-state index is 8.97. The van der Waals surface area contributed by atoms with Crippen LogP contribution in [0.15, 0.2) is 17.4 Å². The van der Waals surface area contributed by atoms with Crippen LogP contribution in [0.1, 0.15) is 37.8 Å². The number of piperidine rings is 1. The molecule has 1 fully saturated rings. The van der Waals surface area contributed by atoms with Crippen LogP contribution in [0.25, 0.3) is 0 Å². The molecule has 0 saturated carbocycles. The minimum atomic E-state index is 0.136. The monoisotopic (exact) mass is 276 g/mol. The summed E-state index contributed by atoms with van der Waals surface area (Å²) in [5.74, 6) is 2.48. The second kappa shape index (κ2) is 6.11. The average Bonchev–Trinajstić information content (AvgIpc) is 2.46. The number of nitrogens with two attached hydrogens (primary N) is 1. The molecule has 1 aromatic rings. The number of aromatic nitrogens is 1. The van der Waals surface area contributed by atoms with Gasteiger partial charge in [-0.3, -0.25) is 0 Å². The summed E-state index contributed by atoms with van der Waals surface area (Å²) in [4.78, 5) is 6.71. The lowest BCUT2D eigenvalue weighted by atomic mass is 9.86. The first kappa shape index (κ1) is 14.6. The predicted octanol–water partition coefficient (Wildman–Crippen LogP) is 2.36. The molecule has 2 rings (SSSR count). The fourth-order valence-electron chi connectivity index (χ4n) is 2.93. The van der Waals surface area contributed by atoms with Crippen molar-refractivity contribution in [1.82, 2.24) is 4.98 Å². The lowest BCUT2D eigenvalue weighted by Gasteiger charge is -2.35. The molecule has 0 unspecified atom stereocenters. The first-order chi connectivity index (χ1) is 9.54. The molecule has 5 nitrogen and oxygen atoms in total. The Balaban J connectivity index is 2.24. The highest BCUT2D eigenvalue weighted by molar-refractivity contribution is 6.02. The molecule has 0 aliphatic carbocycles. The summed E-state index contributed by atoms with van der Waals surface area (Å²) >= 11 is 0. The highest BCUT2D eigenvalue weighted by Gasteiger charge is 2.25. The molecule has 5 heteroatoms. The van der Waals surface area contributed by atoms with Gasteiger partial charge >= 0.3 is 0 Å². The molecule has 2 heterocycles. The molecule has 0 aromatic carbocycles. The van der Waals surface area contributed by atoms with E-state index in [9.17, 15) is 0 Å². The number of hydrogen-bond donors (Lipinski definition) is 2. The van der Waals surface area contributed by atoms with E-state index in [-0.39, 0.29) is 5.84 Å². The van der Waals surface area contributed by atoms with E-state index in [0.29, 0.717) is 0 Å². The minimum Gasteiger partial charge on any atom is -0.409 e. The van der Waals surface area contributed by atoms with E-state index >= 15 is 0 Å². The summed E-state index contributed by atoms with van der Waals surface area (Å²) in [6.07, 6.45) is 4.12. The Morgan fingerprint density at radius 3 is 2.65 bits per heavy atom. The average molecular weight is 276 g/mol. The number of aryl methyl sites for hydroxylation is 1. The Labute approximate surface area is 120 Å². The van der Waals surface area contributed by atoms with Gasteiger partial charge in [0.15, 0.2) is 5.84 Å². The van der Waals surface area contributed by atoms with Crippen LogP contribution in [0.4, 0.5) is 5.82 Å². The van der Waals surface area contributed by atoms with Crippen molar-refractivity contribution in [2.24, 2.45) is 22.7 Å². The van der Waals surface area contributed by atoms with E-state index in [2.05, 4.69) is 28.9 Å². The smallest absolute Gasteiger partial charge is 0.174 e. The molecule has 0 spiro atoms. The van der Waals surface area contributed by atoms with Crippen molar-refractivity contribution in [2.75, 3.05) is 18.0 Å². The van der Waals surface area contributed by atoms with E-state index in [0.717, 1.165) is 41.9 Å². The SMILES string of the molecule is Cc1ccnc(N2CCC(C(C)C)CC2)c1/C(N)=N/O. The Bertz CT molecular complexity index is 491. The number of rotatable bonds is 3. The maximum absolute atomic E-state index is 8.97. The van der Waals surface area contributed by atoms with Crippen LogP contribution in [0.3, 0.4) is 0 Å². The summed E-state index contributed by atoms with van der Waals surface area (Å²) in [6.45, 7) is 8.48. The fourth-order valence-corrected chi connectivity index (χ4v) is 2.93.